The lowest BCUT2D eigenvalue weighted by atomic mass is 9.70. The van der Waals surface area contributed by atoms with Crippen molar-refractivity contribution < 1.29 is 29.0 Å². The summed E-state index contributed by atoms with van der Waals surface area (Å²) in [6.07, 6.45) is 3.63. The molecule has 0 saturated carbocycles. The van der Waals surface area contributed by atoms with E-state index < -0.39 is 41.6 Å². The van der Waals surface area contributed by atoms with Gasteiger partial charge in [-0.1, -0.05) is 62.9 Å². The van der Waals surface area contributed by atoms with Gasteiger partial charge in [-0.25, -0.2) is 0 Å². The van der Waals surface area contributed by atoms with Gasteiger partial charge in [-0.2, -0.15) is 0 Å². The van der Waals surface area contributed by atoms with Gasteiger partial charge >= 0.3 is 5.97 Å². The summed E-state index contributed by atoms with van der Waals surface area (Å²) >= 11 is 0. The Morgan fingerprint density at radius 2 is 1.95 bits per heavy atom. The average Bonchev–Trinajstić information content (AvgIpc) is 3.58. The van der Waals surface area contributed by atoms with Crippen molar-refractivity contribution in [2.75, 3.05) is 24.7 Å². The maximum absolute atomic E-state index is 14.6. The summed E-state index contributed by atoms with van der Waals surface area (Å²) in [6, 6.07) is 12.0. The number of benzene rings is 2. The van der Waals surface area contributed by atoms with Crippen molar-refractivity contribution in [1.82, 2.24) is 4.90 Å². The van der Waals surface area contributed by atoms with Crippen LogP contribution in [0.4, 0.5) is 5.69 Å². The van der Waals surface area contributed by atoms with Crippen LogP contribution in [0.25, 0.3) is 10.8 Å². The molecule has 6 atom stereocenters. The zero-order chi connectivity index (χ0) is 27.9. The second-order valence-electron chi connectivity index (χ2n) is 11.0. The van der Waals surface area contributed by atoms with Crippen LogP contribution < -0.4 is 4.90 Å². The molecule has 3 fully saturated rings. The van der Waals surface area contributed by atoms with E-state index in [0.717, 1.165) is 10.8 Å². The summed E-state index contributed by atoms with van der Waals surface area (Å²) < 4.78 is 11.9. The number of aliphatic hydroxyl groups is 1. The van der Waals surface area contributed by atoms with E-state index in [0.29, 0.717) is 18.5 Å². The third-order valence-electron chi connectivity index (χ3n) is 8.52. The molecule has 1 N–H and O–H groups in total. The summed E-state index contributed by atoms with van der Waals surface area (Å²) in [4.78, 5) is 45.1. The summed E-state index contributed by atoms with van der Waals surface area (Å²) in [6.45, 7) is 11.2. The maximum Gasteiger partial charge on any atom is 0.312 e. The molecule has 39 heavy (non-hydrogen) atoms. The minimum Gasteiger partial charge on any atom is -0.461 e. The first-order valence-corrected chi connectivity index (χ1v) is 13.6. The Morgan fingerprint density at radius 3 is 2.62 bits per heavy atom. The van der Waals surface area contributed by atoms with Crippen molar-refractivity contribution in [2.24, 2.45) is 17.8 Å². The number of likely N-dealkylation sites (tertiary alicyclic amines) is 1. The van der Waals surface area contributed by atoms with Gasteiger partial charge in [-0.15, -0.1) is 6.58 Å². The Balaban J connectivity index is 1.60. The molecule has 5 rings (SSSR count). The number of esters is 1. The van der Waals surface area contributed by atoms with E-state index in [1.807, 2.05) is 56.3 Å². The van der Waals surface area contributed by atoms with Crippen molar-refractivity contribution in [2.45, 2.75) is 50.5 Å². The van der Waals surface area contributed by atoms with Crippen molar-refractivity contribution in [1.29, 1.82) is 0 Å². The molecule has 3 aliphatic heterocycles. The molecule has 3 saturated heterocycles. The monoisotopic (exact) mass is 532 g/mol. The highest BCUT2D eigenvalue weighted by molar-refractivity contribution is 6.05. The van der Waals surface area contributed by atoms with Crippen LogP contribution in [0, 0.1) is 17.8 Å². The Hall–Kier alpha value is -3.49. The minimum absolute atomic E-state index is 0.0301. The first-order chi connectivity index (χ1) is 18.8. The number of carbonyl (C=O) groups is 3. The van der Waals surface area contributed by atoms with Crippen molar-refractivity contribution in [3.05, 3.63) is 67.8 Å². The zero-order valence-corrected chi connectivity index (χ0v) is 22.5. The van der Waals surface area contributed by atoms with Gasteiger partial charge in [-0.3, -0.25) is 14.4 Å². The predicted octanol–water partition coefficient (Wildman–Crippen LogP) is 3.48. The fraction of sp³-hybridized carbons (Fsp3) is 0.452. The molecule has 1 spiro atoms. The lowest BCUT2D eigenvalue weighted by molar-refractivity contribution is -0.155. The van der Waals surface area contributed by atoms with E-state index in [2.05, 4.69) is 13.2 Å². The number of fused-ring (bicyclic) bond motifs is 2. The second-order valence-corrected chi connectivity index (χ2v) is 11.0. The smallest absolute Gasteiger partial charge is 0.312 e. The summed E-state index contributed by atoms with van der Waals surface area (Å²) in [5.74, 6) is -3.00. The Kier molecular flexibility index (Phi) is 7.35. The van der Waals surface area contributed by atoms with E-state index in [1.165, 1.54) is 11.0 Å². The molecule has 2 unspecified atom stereocenters. The van der Waals surface area contributed by atoms with Crippen LogP contribution >= 0.6 is 0 Å². The number of ether oxygens (including phenoxy) is 2. The van der Waals surface area contributed by atoms with Gasteiger partial charge in [0.25, 0.3) is 5.91 Å². The summed E-state index contributed by atoms with van der Waals surface area (Å²) in [5.41, 5.74) is -0.514. The van der Waals surface area contributed by atoms with Crippen LogP contribution in [-0.4, -0.2) is 71.3 Å². The molecular weight excluding hydrogens is 496 g/mol. The number of hydrogen-bond acceptors (Lipinski definition) is 6. The number of nitrogens with zero attached hydrogens (tertiary/aromatic N) is 2. The van der Waals surface area contributed by atoms with Crippen LogP contribution in [-0.2, 0) is 23.9 Å². The highest BCUT2D eigenvalue weighted by atomic mass is 16.6. The largest absolute Gasteiger partial charge is 0.461 e. The first kappa shape index (κ1) is 27.1. The highest BCUT2D eigenvalue weighted by Crippen LogP contribution is 2.59. The van der Waals surface area contributed by atoms with Crippen molar-refractivity contribution in [3.8, 4) is 0 Å². The standard InChI is InChI=1S/C31H36N2O6/c1-5-15-32(22-12-11-20-9-7-8-10-21(20)17-22)29(36)27-31-14-13-24(39-31)25(30(37)38-16-6-2)26(31)28(35)33(27)23(18-34)19(3)4/h5-12,17,19,23-27,34H,1-2,13-16,18H2,3-4H3/t23-,24-,25+,26-,27?,31?/m0/s1. The zero-order valence-electron chi connectivity index (χ0n) is 22.5. The predicted molar refractivity (Wildman–Crippen MR) is 148 cm³/mol. The number of amides is 2. The van der Waals surface area contributed by atoms with Gasteiger partial charge in [0.2, 0.25) is 5.91 Å². The quantitative estimate of drug-likeness (QED) is 0.372. The molecule has 2 amide bonds. The summed E-state index contributed by atoms with van der Waals surface area (Å²) in [7, 11) is 0. The minimum atomic E-state index is -1.19. The molecule has 8 nitrogen and oxygen atoms in total. The van der Waals surface area contributed by atoms with Crippen LogP contribution in [0.1, 0.15) is 26.7 Å². The van der Waals surface area contributed by atoms with Crippen LogP contribution in [0.3, 0.4) is 0 Å². The third-order valence-corrected chi connectivity index (χ3v) is 8.52. The fourth-order valence-electron chi connectivity index (χ4n) is 6.80. The van der Waals surface area contributed by atoms with Crippen LogP contribution in [0.5, 0.6) is 0 Å². The maximum atomic E-state index is 14.6. The van der Waals surface area contributed by atoms with Crippen molar-refractivity contribution >= 4 is 34.2 Å². The van der Waals surface area contributed by atoms with Crippen LogP contribution in [0.15, 0.2) is 67.8 Å². The van der Waals surface area contributed by atoms with Gasteiger partial charge in [0.05, 0.1) is 30.6 Å². The fourth-order valence-corrected chi connectivity index (χ4v) is 6.80. The van der Waals surface area contributed by atoms with E-state index >= 15 is 0 Å². The van der Waals surface area contributed by atoms with Gasteiger partial charge in [0.15, 0.2) is 0 Å². The van der Waals surface area contributed by atoms with Crippen molar-refractivity contribution in [3.63, 3.8) is 0 Å². The van der Waals surface area contributed by atoms with E-state index in [4.69, 9.17) is 9.47 Å². The van der Waals surface area contributed by atoms with Gasteiger partial charge in [-0.05, 0) is 41.7 Å². The van der Waals surface area contributed by atoms with Gasteiger partial charge in [0, 0.05) is 12.2 Å². The molecule has 2 bridgehead atoms. The van der Waals surface area contributed by atoms with Gasteiger partial charge in [0.1, 0.15) is 18.2 Å². The number of anilines is 1. The van der Waals surface area contributed by atoms with E-state index in [1.54, 1.807) is 11.0 Å². The number of carbonyl (C=O) groups excluding carboxylic acids is 3. The van der Waals surface area contributed by atoms with Gasteiger partial charge < -0.3 is 24.4 Å². The molecule has 3 heterocycles. The molecule has 3 aliphatic rings. The Bertz CT molecular complexity index is 1310. The molecule has 0 radical (unpaired) electrons. The molecule has 8 heteroatoms. The summed E-state index contributed by atoms with van der Waals surface area (Å²) in [5, 5.41) is 12.4. The number of hydrogen-bond donors (Lipinski definition) is 1. The second kappa shape index (κ2) is 10.6. The molecule has 0 aromatic heterocycles. The topological polar surface area (TPSA) is 96.4 Å². The van der Waals surface area contributed by atoms with E-state index in [9.17, 15) is 19.5 Å². The third kappa shape index (κ3) is 4.26. The average molecular weight is 533 g/mol. The number of rotatable bonds is 10. The molecule has 2 aromatic rings. The van der Waals surface area contributed by atoms with Crippen LogP contribution in [0.2, 0.25) is 0 Å². The Morgan fingerprint density at radius 1 is 1.21 bits per heavy atom. The number of aliphatic hydroxyl groups excluding tert-OH is 1. The SMILES string of the molecule is C=CCOC(=O)[C@@H]1[C@@H]2CCC3(O2)C(C(=O)N(CC=C)c2ccc4ccccc4c2)N([C@@H](CO)C(C)C)C(=O)[C@H]13. The first-order valence-electron chi connectivity index (χ1n) is 13.6. The highest BCUT2D eigenvalue weighted by Gasteiger charge is 2.75. The molecule has 2 aromatic carbocycles. The molecule has 0 aliphatic carbocycles. The molecular formula is C31H36N2O6. The lowest BCUT2D eigenvalue weighted by Gasteiger charge is -2.40. The molecule has 206 valence electrons. The lowest BCUT2D eigenvalue weighted by Crippen LogP contribution is -2.59. The van der Waals surface area contributed by atoms with E-state index in [-0.39, 0.29) is 37.5 Å². The normalized spacial score (nSPS) is 28.0. The Labute approximate surface area is 228 Å².